The lowest BCUT2D eigenvalue weighted by molar-refractivity contribution is 0.122. The molecule has 1 aromatic carbocycles. The van der Waals surface area contributed by atoms with E-state index >= 15 is 0 Å². The van der Waals surface area contributed by atoms with Crippen molar-refractivity contribution in [2.45, 2.75) is 58.1 Å². The summed E-state index contributed by atoms with van der Waals surface area (Å²) in [4.78, 5) is 0. The molecule has 1 aliphatic carbocycles. The summed E-state index contributed by atoms with van der Waals surface area (Å²) in [5.74, 6) is 1.79. The molecule has 0 radical (unpaired) electrons. The van der Waals surface area contributed by atoms with Crippen molar-refractivity contribution in [2.24, 2.45) is 11.7 Å². The lowest BCUT2D eigenvalue weighted by atomic mass is 9.85. The quantitative estimate of drug-likeness (QED) is 0.861. The van der Waals surface area contributed by atoms with E-state index in [1.165, 1.54) is 32.1 Å². The lowest BCUT2D eigenvalue weighted by Crippen LogP contribution is -2.25. The molecular weight excluding hydrogens is 302 g/mol. The van der Waals surface area contributed by atoms with Gasteiger partial charge in [0, 0.05) is 10.5 Å². The molecule has 1 aliphatic rings. The van der Waals surface area contributed by atoms with E-state index < -0.39 is 0 Å². The molecule has 0 heterocycles. The Balaban J connectivity index is 2.01. The number of hydrogen-bond donors (Lipinski definition) is 1. The van der Waals surface area contributed by atoms with Gasteiger partial charge in [-0.05, 0) is 49.8 Å². The number of nitrogens with two attached hydrogens (primary N) is 1. The number of rotatable bonds is 4. The summed E-state index contributed by atoms with van der Waals surface area (Å²) in [6.07, 6.45) is 6.69. The van der Waals surface area contributed by atoms with E-state index in [0.29, 0.717) is 6.10 Å². The van der Waals surface area contributed by atoms with Gasteiger partial charge in [0.1, 0.15) is 5.75 Å². The van der Waals surface area contributed by atoms with Gasteiger partial charge in [-0.25, -0.2) is 0 Å². The third-order valence-electron chi connectivity index (χ3n) is 4.08. The molecule has 0 aromatic heterocycles. The molecule has 3 heteroatoms. The molecule has 0 saturated heterocycles. The standard InChI is InChI=1S/C16H24BrNO/c1-3-12-5-4-6-13(9-12)19-14-7-8-15(11(2)18)16(17)10-14/h7-8,10-13H,3-6,9,18H2,1-2H3. The van der Waals surface area contributed by atoms with E-state index in [9.17, 15) is 0 Å². The third kappa shape index (κ3) is 3.96. The summed E-state index contributed by atoms with van der Waals surface area (Å²) in [6, 6.07) is 6.19. The summed E-state index contributed by atoms with van der Waals surface area (Å²) in [5, 5.41) is 0. The van der Waals surface area contributed by atoms with Crippen LogP contribution in [0.4, 0.5) is 0 Å². The predicted octanol–water partition coefficient (Wildman–Crippen LogP) is 4.82. The molecule has 2 N–H and O–H groups in total. The van der Waals surface area contributed by atoms with Crippen molar-refractivity contribution in [1.29, 1.82) is 0 Å². The Hall–Kier alpha value is -0.540. The Labute approximate surface area is 124 Å². The Morgan fingerprint density at radius 1 is 1.42 bits per heavy atom. The lowest BCUT2D eigenvalue weighted by Gasteiger charge is -2.29. The van der Waals surface area contributed by atoms with Crippen molar-refractivity contribution in [3.05, 3.63) is 28.2 Å². The number of benzene rings is 1. The largest absolute Gasteiger partial charge is 0.490 e. The SMILES string of the molecule is CCC1CCCC(Oc2ccc(C(C)N)c(Br)c2)C1. The van der Waals surface area contributed by atoms with Crippen LogP contribution >= 0.6 is 15.9 Å². The van der Waals surface area contributed by atoms with Gasteiger partial charge in [0.2, 0.25) is 0 Å². The minimum Gasteiger partial charge on any atom is -0.490 e. The zero-order chi connectivity index (χ0) is 13.8. The van der Waals surface area contributed by atoms with Crippen molar-refractivity contribution in [2.75, 3.05) is 0 Å². The van der Waals surface area contributed by atoms with Crippen LogP contribution in [0, 0.1) is 5.92 Å². The monoisotopic (exact) mass is 325 g/mol. The van der Waals surface area contributed by atoms with Crippen molar-refractivity contribution in [3.8, 4) is 5.75 Å². The van der Waals surface area contributed by atoms with Crippen molar-refractivity contribution >= 4 is 15.9 Å². The molecule has 1 fully saturated rings. The van der Waals surface area contributed by atoms with Gasteiger partial charge < -0.3 is 10.5 Å². The fourth-order valence-corrected chi connectivity index (χ4v) is 3.58. The fourth-order valence-electron chi connectivity index (χ4n) is 2.86. The first-order valence-corrected chi connectivity index (χ1v) is 8.11. The topological polar surface area (TPSA) is 35.2 Å². The van der Waals surface area contributed by atoms with Crippen molar-refractivity contribution in [1.82, 2.24) is 0 Å². The summed E-state index contributed by atoms with van der Waals surface area (Å²) < 4.78 is 7.18. The van der Waals surface area contributed by atoms with Gasteiger partial charge >= 0.3 is 0 Å². The maximum Gasteiger partial charge on any atom is 0.120 e. The Morgan fingerprint density at radius 2 is 2.21 bits per heavy atom. The van der Waals surface area contributed by atoms with E-state index in [1.807, 2.05) is 19.1 Å². The van der Waals surface area contributed by atoms with Crippen molar-refractivity contribution < 1.29 is 4.74 Å². The molecule has 2 rings (SSSR count). The molecule has 3 unspecified atom stereocenters. The van der Waals surface area contributed by atoms with Crippen molar-refractivity contribution in [3.63, 3.8) is 0 Å². The number of hydrogen-bond acceptors (Lipinski definition) is 2. The minimum absolute atomic E-state index is 0.0441. The third-order valence-corrected chi connectivity index (χ3v) is 4.76. The zero-order valence-electron chi connectivity index (χ0n) is 11.9. The molecule has 106 valence electrons. The highest BCUT2D eigenvalue weighted by Crippen LogP contribution is 2.32. The molecule has 3 atom stereocenters. The van der Waals surface area contributed by atoms with Crippen LogP contribution in [-0.2, 0) is 0 Å². The Kier molecular flexibility index (Phi) is 5.28. The predicted molar refractivity (Wildman–Crippen MR) is 83.4 cm³/mol. The second-order valence-corrected chi connectivity index (χ2v) is 6.51. The molecule has 1 saturated carbocycles. The average molecular weight is 326 g/mol. The highest BCUT2D eigenvalue weighted by Gasteiger charge is 2.22. The maximum atomic E-state index is 6.13. The van der Waals surface area contributed by atoms with E-state index in [1.54, 1.807) is 0 Å². The molecular formula is C16H24BrNO. The van der Waals surface area contributed by atoms with Crippen LogP contribution in [0.25, 0.3) is 0 Å². The first-order chi connectivity index (χ1) is 9.10. The van der Waals surface area contributed by atoms with Crippen LogP contribution in [0.15, 0.2) is 22.7 Å². The second kappa shape index (κ2) is 6.76. The van der Waals surface area contributed by atoms with Crippen LogP contribution in [0.2, 0.25) is 0 Å². The molecule has 0 spiro atoms. The van der Waals surface area contributed by atoms with Gasteiger partial charge in [0.15, 0.2) is 0 Å². The van der Waals surface area contributed by atoms with Gasteiger partial charge in [-0.3, -0.25) is 0 Å². The van der Waals surface area contributed by atoms with Crippen LogP contribution in [0.3, 0.4) is 0 Å². The van der Waals surface area contributed by atoms with Crippen LogP contribution < -0.4 is 10.5 Å². The number of ether oxygens (including phenoxy) is 1. The molecule has 19 heavy (non-hydrogen) atoms. The summed E-state index contributed by atoms with van der Waals surface area (Å²) in [7, 11) is 0. The smallest absolute Gasteiger partial charge is 0.120 e. The maximum absolute atomic E-state index is 6.13. The van der Waals surface area contributed by atoms with E-state index in [-0.39, 0.29) is 6.04 Å². The summed E-state index contributed by atoms with van der Waals surface area (Å²) in [5.41, 5.74) is 7.04. The van der Waals surface area contributed by atoms with Gasteiger partial charge in [-0.1, -0.05) is 41.8 Å². The zero-order valence-corrected chi connectivity index (χ0v) is 13.4. The Bertz CT molecular complexity index is 419. The molecule has 1 aromatic rings. The van der Waals surface area contributed by atoms with Crippen LogP contribution in [-0.4, -0.2) is 6.10 Å². The summed E-state index contributed by atoms with van der Waals surface area (Å²) >= 11 is 3.58. The highest BCUT2D eigenvalue weighted by molar-refractivity contribution is 9.10. The molecule has 0 bridgehead atoms. The van der Waals surface area contributed by atoms with E-state index in [4.69, 9.17) is 10.5 Å². The van der Waals surface area contributed by atoms with Gasteiger partial charge in [-0.2, -0.15) is 0 Å². The van der Waals surface area contributed by atoms with Crippen LogP contribution in [0.5, 0.6) is 5.75 Å². The van der Waals surface area contributed by atoms with Crippen LogP contribution in [0.1, 0.15) is 57.6 Å². The normalized spacial score (nSPS) is 25.1. The summed E-state index contributed by atoms with van der Waals surface area (Å²) in [6.45, 7) is 4.27. The van der Waals surface area contributed by atoms with E-state index in [0.717, 1.165) is 21.7 Å². The molecule has 0 aliphatic heterocycles. The van der Waals surface area contributed by atoms with Gasteiger partial charge in [0.05, 0.1) is 6.10 Å². The highest BCUT2D eigenvalue weighted by atomic mass is 79.9. The first-order valence-electron chi connectivity index (χ1n) is 7.31. The number of halogens is 1. The average Bonchev–Trinajstić information content (AvgIpc) is 2.38. The molecule has 2 nitrogen and oxygen atoms in total. The Morgan fingerprint density at radius 3 is 2.84 bits per heavy atom. The second-order valence-electron chi connectivity index (χ2n) is 5.65. The first kappa shape index (κ1) is 14.9. The minimum atomic E-state index is 0.0441. The van der Waals surface area contributed by atoms with Gasteiger partial charge in [0.25, 0.3) is 0 Å². The fraction of sp³-hybridized carbons (Fsp3) is 0.625. The van der Waals surface area contributed by atoms with E-state index in [2.05, 4.69) is 28.9 Å². The molecule has 0 amide bonds. The van der Waals surface area contributed by atoms with Gasteiger partial charge in [-0.15, -0.1) is 0 Å².